The van der Waals surface area contributed by atoms with Crippen LogP contribution in [-0.2, 0) is 14.3 Å². The lowest BCUT2D eigenvalue weighted by Gasteiger charge is -2.09. The van der Waals surface area contributed by atoms with E-state index in [1.54, 1.807) is 0 Å². The number of hydrogen-bond acceptors (Lipinski definition) is 4. The van der Waals surface area contributed by atoms with E-state index < -0.39 is 6.04 Å². The molecule has 0 saturated heterocycles. The van der Waals surface area contributed by atoms with Gasteiger partial charge in [0.2, 0.25) is 0 Å². The van der Waals surface area contributed by atoms with Crippen LogP contribution in [0.2, 0.25) is 0 Å². The quantitative estimate of drug-likeness (QED) is 0.619. The molecule has 0 aromatic heterocycles. The molecule has 74 valence electrons. The second-order valence-electron chi connectivity index (χ2n) is 3.06. The molecule has 1 heterocycles. The van der Waals surface area contributed by atoms with Gasteiger partial charge in [0.05, 0.1) is 7.11 Å². The first-order valence-corrected chi connectivity index (χ1v) is 4.50. The number of esters is 1. The van der Waals surface area contributed by atoms with Gasteiger partial charge in [-0.3, -0.25) is 0 Å². The van der Waals surface area contributed by atoms with Crippen LogP contribution >= 0.6 is 0 Å². The maximum absolute atomic E-state index is 11.2. The van der Waals surface area contributed by atoms with Crippen LogP contribution in [0.4, 0.5) is 0 Å². The first-order valence-electron chi connectivity index (χ1n) is 4.50. The molecule has 0 N–H and O–H groups in total. The molecule has 1 rings (SSSR count). The van der Waals surface area contributed by atoms with Gasteiger partial charge in [-0.05, 0) is 13.3 Å². The molecule has 1 aliphatic heterocycles. The number of aliphatic imine (C=N–C) groups is 1. The molecule has 0 spiro atoms. The van der Waals surface area contributed by atoms with Crippen molar-refractivity contribution >= 4 is 11.9 Å². The number of methoxy groups -OCH3 is 1. The van der Waals surface area contributed by atoms with Gasteiger partial charge < -0.3 is 9.47 Å². The highest BCUT2D eigenvalue weighted by atomic mass is 16.5. The smallest absolute Gasteiger partial charge is 0.334 e. The summed E-state index contributed by atoms with van der Waals surface area (Å²) in [5.74, 6) is 0.351. The van der Waals surface area contributed by atoms with E-state index >= 15 is 0 Å². The van der Waals surface area contributed by atoms with Gasteiger partial charge in [0, 0.05) is 6.42 Å². The minimum atomic E-state index is -0.466. The van der Waals surface area contributed by atoms with E-state index in [4.69, 9.17) is 4.74 Å². The van der Waals surface area contributed by atoms with E-state index in [2.05, 4.69) is 9.73 Å². The highest BCUT2D eigenvalue weighted by Crippen LogP contribution is 2.16. The lowest BCUT2D eigenvalue weighted by Crippen LogP contribution is -2.28. The Bertz CT molecular complexity index is 225. The van der Waals surface area contributed by atoms with Gasteiger partial charge in [-0.15, -0.1) is 0 Å². The van der Waals surface area contributed by atoms with Crippen molar-refractivity contribution in [3.63, 3.8) is 0 Å². The largest absolute Gasteiger partial charge is 0.475 e. The molecule has 0 radical (unpaired) electrons. The molecule has 4 nitrogen and oxygen atoms in total. The summed E-state index contributed by atoms with van der Waals surface area (Å²) >= 11 is 0. The van der Waals surface area contributed by atoms with E-state index in [1.807, 2.05) is 13.8 Å². The van der Waals surface area contributed by atoms with Crippen LogP contribution in [0.5, 0.6) is 0 Å². The molecule has 0 aliphatic carbocycles. The fourth-order valence-electron chi connectivity index (χ4n) is 1.27. The predicted molar refractivity (Wildman–Crippen MR) is 48.7 cm³/mol. The van der Waals surface area contributed by atoms with E-state index in [9.17, 15) is 4.79 Å². The Kier molecular flexibility index (Phi) is 3.28. The van der Waals surface area contributed by atoms with Crippen molar-refractivity contribution in [2.24, 2.45) is 4.99 Å². The molecule has 0 aromatic rings. The van der Waals surface area contributed by atoms with Gasteiger partial charge in [-0.2, -0.15) is 0 Å². The lowest BCUT2D eigenvalue weighted by atomic mass is 10.2. The third-order valence-electron chi connectivity index (χ3n) is 1.96. The summed E-state index contributed by atoms with van der Waals surface area (Å²) in [5, 5.41) is 0. The molecule has 2 atom stereocenters. The maximum Gasteiger partial charge on any atom is 0.334 e. The summed E-state index contributed by atoms with van der Waals surface area (Å²) in [7, 11) is 1.36. The molecular weight excluding hydrogens is 170 g/mol. The van der Waals surface area contributed by atoms with E-state index in [0.29, 0.717) is 5.90 Å². The minimum absolute atomic E-state index is 0.186. The van der Waals surface area contributed by atoms with Crippen molar-refractivity contribution in [1.82, 2.24) is 0 Å². The molecule has 0 amide bonds. The second kappa shape index (κ2) is 4.25. The molecule has 1 aliphatic rings. The zero-order valence-corrected chi connectivity index (χ0v) is 8.24. The average Bonchev–Trinajstić information content (AvgIpc) is 2.46. The van der Waals surface area contributed by atoms with Crippen molar-refractivity contribution < 1.29 is 14.3 Å². The Balaban J connectivity index is 2.60. The van der Waals surface area contributed by atoms with Crippen molar-refractivity contribution in [3.8, 4) is 0 Å². The molecule has 4 heteroatoms. The summed E-state index contributed by atoms with van der Waals surface area (Å²) in [4.78, 5) is 15.3. The van der Waals surface area contributed by atoms with Gasteiger partial charge in [0.1, 0.15) is 6.10 Å². The van der Waals surface area contributed by atoms with Crippen LogP contribution in [0, 0.1) is 0 Å². The second-order valence-corrected chi connectivity index (χ2v) is 3.06. The van der Waals surface area contributed by atoms with Crippen molar-refractivity contribution in [2.45, 2.75) is 38.8 Å². The number of nitrogens with zero attached hydrogens (tertiary/aromatic N) is 1. The van der Waals surface area contributed by atoms with Crippen LogP contribution in [0.1, 0.15) is 26.7 Å². The van der Waals surface area contributed by atoms with Gasteiger partial charge in [-0.1, -0.05) is 6.92 Å². The highest BCUT2D eigenvalue weighted by molar-refractivity contribution is 5.86. The fraction of sp³-hybridized carbons (Fsp3) is 0.778. The molecular formula is C9H15NO3. The van der Waals surface area contributed by atoms with Crippen molar-refractivity contribution in [1.29, 1.82) is 0 Å². The van der Waals surface area contributed by atoms with Crippen molar-refractivity contribution in [3.05, 3.63) is 0 Å². The lowest BCUT2D eigenvalue weighted by molar-refractivity contribution is -0.143. The Hall–Kier alpha value is -1.06. The Morgan fingerprint density at radius 1 is 1.69 bits per heavy atom. The molecule has 2 unspecified atom stereocenters. The third kappa shape index (κ3) is 2.20. The third-order valence-corrected chi connectivity index (χ3v) is 1.96. The summed E-state index contributed by atoms with van der Waals surface area (Å²) in [6.07, 6.45) is 1.58. The standard InChI is InChI=1S/C9H15NO3/c1-4-5-7-10-8(6(2)13-7)9(11)12-3/h6,8H,4-5H2,1-3H3. The number of ether oxygens (including phenoxy) is 2. The van der Waals surface area contributed by atoms with Crippen molar-refractivity contribution in [2.75, 3.05) is 7.11 Å². The fourth-order valence-corrected chi connectivity index (χ4v) is 1.27. The SMILES string of the molecule is CCCC1=NC(C(=O)OC)C(C)O1. The van der Waals surface area contributed by atoms with E-state index in [0.717, 1.165) is 12.8 Å². The zero-order valence-electron chi connectivity index (χ0n) is 8.24. The van der Waals surface area contributed by atoms with Crippen LogP contribution in [0.25, 0.3) is 0 Å². The number of carbonyl (C=O) groups is 1. The summed E-state index contributed by atoms with van der Waals surface area (Å²) in [5.41, 5.74) is 0. The van der Waals surface area contributed by atoms with Crippen LogP contribution < -0.4 is 0 Å². The van der Waals surface area contributed by atoms with Crippen LogP contribution in [-0.4, -0.2) is 31.1 Å². The van der Waals surface area contributed by atoms with E-state index in [-0.39, 0.29) is 12.1 Å². The average molecular weight is 185 g/mol. The van der Waals surface area contributed by atoms with Crippen LogP contribution in [0.15, 0.2) is 4.99 Å². The highest BCUT2D eigenvalue weighted by Gasteiger charge is 2.33. The first kappa shape index (κ1) is 10.0. The number of hydrogen-bond donors (Lipinski definition) is 0. The summed E-state index contributed by atoms with van der Waals surface area (Å²) in [6, 6.07) is -0.466. The molecule has 0 aromatic carbocycles. The molecule has 0 bridgehead atoms. The van der Waals surface area contributed by atoms with Crippen LogP contribution in [0.3, 0.4) is 0 Å². The van der Waals surface area contributed by atoms with Gasteiger partial charge >= 0.3 is 5.97 Å². The molecule has 0 fully saturated rings. The van der Waals surface area contributed by atoms with Gasteiger partial charge in [0.15, 0.2) is 11.9 Å². The summed E-state index contributed by atoms with van der Waals surface area (Å²) < 4.78 is 9.99. The molecule has 0 saturated carbocycles. The molecule has 13 heavy (non-hydrogen) atoms. The van der Waals surface area contributed by atoms with E-state index in [1.165, 1.54) is 7.11 Å². The first-order chi connectivity index (χ1) is 6.19. The normalized spacial score (nSPS) is 26.5. The minimum Gasteiger partial charge on any atom is -0.475 e. The van der Waals surface area contributed by atoms with Gasteiger partial charge in [0.25, 0.3) is 0 Å². The predicted octanol–water partition coefficient (Wildman–Crippen LogP) is 1.15. The Morgan fingerprint density at radius 2 is 2.38 bits per heavy atom. The maximum atomic E-state index is 11.2. The topological polar surface area (TPSA) is 47.9 Å². The monoisotopic (exact) mass is 185 g/mol. The zero-order chi connectivity index (χ0) is 9.84. The van der Waals surface area contributed by atoms with Gasteiger partial charge in [-0.25, -0.2) is 9.79 Å². The number of carbonyl (C=O) groups excluding carboxylic acids is 1. The number of rotatable bonds is 3. The Labute approximate surface area is 77.9 Å². The summed E-state index contributed by atoms with van der Waals surface area (Å²) in [6.45, 7) is 3.87. The Morgan fingerprint density at radius 3 is 2.92 bits per heavy atom.